The van der Waals surface area contributed by atoms with Gasteiger partial charge in [0.25, 0.3) is 5.91 Å². The van der Waals surface area contributed by atoms with Crippen LogP contribution in [0.4, 0.5) is 0 Å². The molecule has 0 aliphatic rings. The zero-order valence-corrected chi connectivity index (χ0v) is 11.8. The summed E-state index contributed by atoms with van der Waals surface area (Å²) in [6, 6.07) is 1.50. The molecule has 0 aliphatic heterocycles. The van der Waals surface area contributed by atoms with Crippen LogP contribution < -0.4 is 5.43 Å². The molecule has 1 amide bonds. The van der Waals surface area contributed by atoms with Crippen molar-refractivity contribution >= 4 is 5.91 Å². The van der Waals surface area contributed by atoms with E-state index in [-0.39, 0.29) is 22.9 Å². The molecule has 0 spiro atoms. The summed E-state index contributed by atoms with van der Waals surface area (Å²) in [5, 5.41) is 0. The van der Waals surface area contributed by atoms with E-state index in [0.717, 1.165) is 12.8 Å². The maximum absolute atomic E-state index is 12.5. The number of aromatic nitrogens is 1. The Labute approximate surface area is 113 Å². The largest absolute Gasteiger partial charge is 0.383 e. The molecule has 0 saturated carbocycles. The average molecular weight is 266 g/mol. The second-order valence-corrected chi connectivity index (χ2v) is 4.38. The quantitative estimate of drug-likeness (QED) is 0.816. The minimum Gasteiger partial charge on any atom is -0.383 e. The molecular formula is C14H22N2O3. The maximum Gasteiger partial charge on any atom is 0.259 e. The van der Waals surface area contributed by atoms with Crippen LogP contribution in [0.25, 0.3) is 0 Å². The molecule has 5 heteroatoms. The molecule has 1 N–H and O–H groups in total. The average Bonchev–Trinajstić information content (AvgIpc) is 2.43. The Morgan fingerprint density at radius 2 is 2.11 bits per heavy atom. The van der Waals surface area contributed by atoms with Crippen LogP contribution >= 0.6 is 0 Å². The van der Waals surface area contributed by atoms with Gasteiger partial charge < -0.3 is 14.6 Å². The minimum absolute atomic E-state index is 0.127. The Kier molecular flexibility index (Phi) is 6.29. The zero-order valence-electron chi connectivity index (χ0n) is 11.8. The predicted molar refractivity (Wildman–Crippen MR) is 74.3 cm³/mol. The van der Waals surface area contributed by atoms with Crippen LogP contribution in [0.1, 0.15) is 37.0 Å². The molecule has 1 aromatic rings. The standard InChI is InChI=1S/C14H22N2O3/c1-4-11(5-2)16(8-9-19-3)14(18)12-10-15-7-6-13(12)17/h6-7,10-11H,4-5,8-9H2,1-3H3,(H,15,17). The van der Waals surface area contributed by atoms with Gasteiger partial charge in [-0.3, -0.25) is 9.59 Å². The smallest absolute Gasteiger partial charge is 0.259 e. The number of nitrogens with one attached hydrogen (secondary N) is 1. The van der Waals surface area contributed by atoms with Crippen LogP contribution in [0.2, 0.25) is 0 Å². The summed E-state index contributed by atoms with van der Waals surface area (Å²) >= 11 is 0. The molecule has 1 rings (SSSR count). The first kappa shape index (κ1) is 15.4. The van der Waals surface area contributed by atoms with E-state index in [2.05, 4.69) is 4.98 Å². The SMILES string of the molecule is CCC(CC)N(CCOC)C(=O)c1c[nH]ccc1=O. The predicted octanol–water partition coefficient (Wildman–Crippen LogP) is 1.65. The van der Waals surface area contributed by atoms with Gasteiger partial charge in [0.2, 0.25) is 0 Å². The second-order valence-electron chi connectivity index (χ2n) is 4.38. The van der Waals surface area contributed by atoms with Crippen molar-refractivity contribution in [3.63, 3.8) is 0 Å². The summed E-state index contributed by atoms with van der Waals surface area (Å²) < 4.78 is 5.05. The molecule has 0 radical (unpaired) electrons. The monoisotopic (exact) mass is 266 g/mol. The van der Waals surface area contributed by atoms with Gasteiger partial charge in [0.1, 0.15) is 5.56 Å². The van der Waals surface area contributed by atoms with Crippen LogP contribution in [-0.2, 0) is 4.74 Å². The lowest BCUT2D eigenvalue weighted by atomic mass is 10.1. The molecule has 0 aliphatic carbocycles. The van der Waals surface area contributed by atoms with Gasteiger partial charge in [-0.15, -0.1) is 0 Å². The number of pyridine rings is 1. The van der Waals surface area contributed by atoms with Crippen molar-refractivity contribution in [1.82, 2.24) is 9.88 Å². The van der Waals surface area contributed by atoms with Crippen molar-refractivity contribution in [3.05, 3.63) is 34.2 Å². The van der Waals surface area contributed by atoms with E-state index in [0.29, 0.717) is 13.2 Å². The molecule has 19 heavy (non-hydrogen) atoms. The van der Waals surface area contributed by atoms with Crippen molar-refractivity contribution in [2.45, 2.75) is 32.7 Å². The summed E-state index contributed by atoms with van der Waals surface area (Å²) in [4.78, 5) is 28.7. The first-order chi connectivity index (χ1) is 9.15. The van der Waals surface area contributed by atoms with Crippen LogP contribution in [-0.4, -0.2) is 42.1 Å². The van der Waals surface area contributed by atoms with Crippen molar-refractivity contribution in [1.29, 1.82) is 0 Å². The Bertz CT molecular complexity index is 452. The highest BCUT2D eigenvalue weighted by atomic mass is 16.5. The fourth-order valence-electron chi connectivity index (χ4n) is 2.11. The van der Waals surface area contributed by atoms with E-state index in [1.54, 1.807) is 12.0 Å². The third-order valence-electron chi connectivity index (χ3n) is 3.23. The van der Waals surface area contributed by atoms with E-state index >= 15 is 0 Å². The number of nitrogens with zero attached hydrogens (tertiary/aromatic N) is 1. The van der Waals surface area contributed by atoms with Crippen molar-refractivity contribution in [2.75, 3.05) is 20.3 Å². The summed E-state index contributed by atoms with van der Waals surface area (Å²) in [7, 11) is 1.60. The summed E-state index contributed by atoms with van der Waals surface area (Å²) in [6.07, 6.45) is 4.70. The lowest BCUT2D eigenvalue weighted by molar-refractivity contribution is 0.0588. The van der Waals surface area contributed by atoms with Crippen molar-refractivity contribution < 1.29 is 9.53 Å². The van der Waals surface area contributed by atoms with E-state index < -0.39 is 0 Å². The molecule has 106 valence electrons. The van der Waals surface area contributed by atoms with Gasteiger partial charge in [-0.2, -0.15) is 0 Å². The molecule has 0 fully saturated rings. The van der Waals surface area contributed by atoms with Crippen LogP contribution in [0.5, 0.6) is 0 Å². The van der Waals surface area contributed by atoms with Gasteiger partial charge in [0.05, 0.1) is 6.61 Å². The van der Waals surface area contributed by atoms with Crippen LogP contribution in [0.3, 0.4) is 0 Å². The normalized spacial score (nSPS) is 10.7. The van der Waals surface area contributed by atoms with Crippen molar-refractivity contribution in [2.24, 2.45) is 0 Å². The van der Waals surface area contributed by atoms with E-state index in [4.69, 9.17) is 4.74 Å². The number of carbonyl (C=O) groups is 1. The Morgan fingerprint density at radius 1 is 1.42 bits per heavy atom. The number of aromatic amines is 1. The third kappa shape index (κ3) is 3.92. The number of H-pyrrole nitrogens is 1. The molecular weight excluding hydrogens is 244 g/mol. The van der Waals surface area contributed by atoms with Gasteiger partial charge in [-0.1, -0.05) is 13.8 Å². The fraction of sp³-hybridized carbons (Fsp3) is 0.571. The maximum atomic E-state index is 12.5. The van der Waals surface area contributed by atoms with Gasteiger partial charge in [-0.05, 0) is 12.8 Å². The van der Waals surface area contributed by atoms with Gasteiger partial charge in [-0.25, -0.2) is 0 Å². The number of hydrogen-bond donors (Lipinski definition) is 1. The zero-order chi connectivity index (χ0) is 14.3. The lowest BCUT2D eigenvalue weighted by Gasteiger charge is -2.30. The number of rotatable bonds is 7. The van der Waals surface area contributed by atoms with Crippen LogP contribution in [0, 0.1) is 0 Å². The number of carbonyl (C=O) groups excluding carboxylic acids is 1. The first-order valence-corrected chi connectivity index (χ1v) is 6.62. The second kappa shape index (κ2) is 7.74. The van der Waals surface area contributed by atoms with Crippen LogP contribution in [0.15, 0.2) is 23.3 Å². The highest BCUT2D eigenvalue weighted by Gasteiger charge is 2.23. The molecule has 0 atom stereocenters. The number of hydrogen-bond acceptors (Lipinski definition) is 3. The molecule has 1 heterocycles. The molecule has 0 unspecified atom stereocenters. The molecule has 0 bridgehead atoms. The molecule has 5 nitrogen and oxygen atoms in total. The highest BCUT2D eigenvalue weighted by Crippen LogP contribution is 2.11. The summed E-state index contributed by atoms with van der Waals surface area (Å²) in [6.45, 7) is 5.04. The fourth-order valence-corrected chi connectivity index (χ4v) is 2.11. The Balaban J connectivity index is 3.00. The Hall–Kier alpha value is -1.62. The number of methoxy groups -OCH3 is 1. The van der Waals surface area contributed by atoms with Gasteiger partial charge >= 0.3 is 0 Å². The van der Waals surface area contributed by atoms with Gasteiger partial charge in [0.15, 0.2) is 5.43 Å². The van der Waals surface area contributed by atoms with Crippen molar-refractivity contribution in [3.8, 4) is 0 Å². The molecule has 0 saturated heterocycles. The van der Waals surface area contributed by atoms with E-state index in [9.17, 15) is 9.59 Å². The minimum atomic E-state index is -0.253. The first-order valence-electron chi connectivity index (χ1n) is 6.62. The molecule has 1 aromatic heterocycles. The molecule has 0 aromatic carbocycles. The summed E-state index contributed by atoms with van der Waals surface area (Å²) in [5.41, 5.74) is -0.0670. The third-order valence-corrected chi connectivity index (χ3v) is 3.23. The number of ether oxygens (including phenoxy) is 1. The number of amides is 1. The van der Waals surface area contributed by atoms with E-state index in [1.165, 1.54) is 18.5 Å². The Morgan fingerprint density at radius 3 is 2.63 bits per heavy atom. The topological polar surface area (TPSA) is 62.4 Å². The lowest BCUT2D eigenvalue weighted by Crippen LogP contribution is -2.43. The van der Waals surface area contributed by atoms with Gasteiger partial charge in [0, 0.05) is 38.2 Å². The summed E-state index contributed by atoms with van der Waals surface area (Å²) in [5.74, 6) is -0.229. The highest BCUT2D eigenvalue weighted by molar-refractivity contribution is 5.94. The van der Waals surface area contributed by atoms with E-state index in [1.807, 2.05) is 13.8 Å².